The molecule has 1 aromatic heterocycles. The number of morpholine rings is 1. The van der Waals surface area contributed by atoms with E-state index in [1.54, 1.807) is 6.08 Å². The van der Waals surface area contributed by atoms with Crippen molar-refractivity contribution in [1.82, 2.24) is 25.5 Å². The molecule has 0 radical (unpaired) electrons. The van der Waals surface area contributed by atoms with Gasteiger partial charge in [0, 0.05) is 39.3 Å². The molecule has 10 heteroatoms. The molecule has 10 nitrogen and oxygen atoms in total. The highest BCUT2D eigenvalue weighted by molar-refractivity contribution is 6.13. The number of nitrogens with zero attached hydrogens (tertiary/aromatic N) is 5. The summed E-state index contributed by atoms with van der Waals surface area (Å²) in [5.74, 6) is 0.903. The quantitative estimate of drug-likeness (QED) is 0.471. The predicted molar refractivity (Wildman–Crippen MR) is 111 cm³/mol. The van der Waals surface area contributed by atoms with E-state index in [1.807, 2.05) is 18.0 Å². The molecule has 0 aromatic carbocycles. The number of carbonyl (C=O) groups excluding carboxylic acids is 2. The van der Waals surface area contributed by atoms with Gasteiger partial charge in [0.15, 0.2) is 0 Å². The monoisotopic (exact) mass is 403 g/mol. The Hall–Kier alpha value is -2.72. The van der Waals surface area contributed by atoms with Gasteiger partial charge in [-0.2, -0.15) is 4.98 Å². The van der Waals surface area contributed by atoms with E-state index < -0.39 is 11.9 Å². The average Bonchev–Trinajstić information content (AvgIpc) is 3.05. The molecule has 2 fully saturated rings. The van der Waals surface area contributed by atoms with Crippen molar-refractivity contribution in [3.05, 3.63) is 17.5 Å². The summed E-state index contributed by atoms with van der Waals surface area (Å²) in [5.41, 5.74) is 0.747. The van der Waals surface area contributed by atoms with Crippen LogP contribution in [0.5, 0.6) is 0 Å². The van der Waals surface area contributed by atoms with Crippen LogP contribution in [0.1, 0.15) is 19.5 Å². The highest BCUT2D eigenvalue weighted by Crippen LogP contribution is 2.20. The number of carbonyl (C=O) groups is 2. The lowest BCUT2D eigenvalue weighted by Gasteiger charge is -2.29. The number of aromatic nitrogens is 2. The highest BCUT2D eigenvalue weighted by atomic mass is 16.5. The molecule has 29 heavy (non-hydrogen) atoms. The lowest BCUT2D eigenvalue weighted by Crippen LogP contribution is -2.37. The van der Waals surface area contributed by atoms with Gasteiger partial charge in [0.25, 0.3) is 5.91 Å². The van der Waals surface area contributed by atoms with Gasteiger partial charge in [-0.1, -0.05) is 13.8 Å². The fourth-order valence-electron chi connectivity index (χ4n) is 3.20. The summed E-state index contributed by atoms with van der Waals surface area (Å²) < 4.78 is 5.44. The number of imide groups is 1. The Labute approximate surface area is 170 Å². The summed E-state index contributed by atoms with van der Waals surface area (Å²) in [6, 6.07) is 1.30. The smallest absolute Gasteiger partial charge is 0.326 e. The molecule has 2 aliphatic heterocycles. The van der Waals surface area contributed by atoms with E-state index in [0.717, 1.165) is 45.1 Å². The summed E-state index contributed by atoms with van der Waals surface area (Å²) in [5, 5.41) is 4.71. The van der Waals surface area contributed by atoms with Crippen LogP contribution in [0.3, 0.4) is 0 Å². The Bertz CT molecular complexity index is 773. The molecule has 2 aliphatic rings. The van der Waals surface area contributed by atoms with Crippen molar-refractivity contribution in [2.45, 2.75) is 13.8 Å². The largest absolute Gasteiger partial charge is 0.378 e. The van der Waals surface area contributed by atoms with Crippen LogP contribution in [0.25, 0.3) is 6.08 Å². The zero-order valence-corrected chi connectivity index (χ0v) is 17.3. The number of urea groups is 1. The normalized spacial score (nSPS) is 18.3. The predicted octanol–water partition coefficient (Wildman–Crippen LogP) is 0.272. The van der Waals surface area contributed by atoms with Crippen LogP contribution in [0, 0.1) is 0 Å². The van der Waals surface area contributed by atoms with Gasteiger partial charge in [-0.25, -0.2) is 9.78 Å². The van der Waals surface area contributed by atoms with Gasteiger partial charge >= 0.3 is 6.03 Å². The van der Waals surface area contributed by atoms with Crippen LogP contribution in [-0.4, -0.2) is 86.3 Å². The number of nitrogens with one attached hydrogen (secondary N) is 2. The zero-order valence-electron chi connectivity index (χ0n) is 17.3. The van der Waals surface area contributed by atoms with Gasteiger partial charge in [-0.3, -0.25) is 10.1 Å². The Morgan fingerprint density at radius 2 is 1.86 bits per heavy atom. The van der Waals surface area contributed by atoms with Gasteiger partial charge in [-0.05, 0) is 19.2 Å². The van der Waals surface area contributed by atoms with E-state index in [9.17, 15) is 9.59 Å². The van der Waals surface area contributed by atoms with Gasteiger partial charge in [0.05, 0.1) is 18.9 Å². The number of hydrogen-bond acceptors (Lipinski definition) is 8. The van der Waals surface area contributed by atoms with Crippen LogP contribution in [-0.2, 0) is 9.53 Å². The molecule has 3 heterocycles. The Morgan fingerprint density at radius 3 is 2.48 bits per heavy atom. The van der Waals surface area contributed by atoms with Gasteiger partial charge in [0.2, 0.25) is 5.95 Å². The van der Waals surface area contributed by atoms with Crippen molar-refractivity contribution >= 4 is 29.8 Å². The molecule has 3 amide bonds. The van der Waals surface area contributed by atoms with Crippen molar-refractivity contribution in [2.75, 3.05) is 69.3 Å². The minimum Gasteiger partial charge on any atom is -0.378 e. The SMILES string of the molecule is CCN(CC)CCN(C)c1nc(C=C2NC(=O)NC2=O)cc(N2CCOCC2)n1. The first-order chi connectivity index (χ1) is 14.0. The van der Waals surface area contributed by atoms with Crippen molar-refractivity contribution in [3.63, 3.8) is 0 Å². The third kappa shape index (κ3) is 5.42. The second kappa shape index (κ2) is 9.66. The first-order valence-electron chi connectivity index (χ1n) is 9.99. The van der Waals surface area contributed by atoms with Gasteiger partial charge in [-0.15, -0.1) is 0 Å². The van der Waals surface area contributed by atoms with E-state index in [0.29, 0.717) is 24.9 Å². The molecule has 0 bridgehead atoms. The number of hydrogen-bond donors (Lipinski definition) is 2. The maximum atomic E-state index is 11.9. The van der Waals surface area contributed by atoms with Crippen molar-refractivity contribution in [3.8, 4) is 0 Å². The van der Waals surface area contributed by atoms with E-state index in [-0.39, 0.29) is 5.70 Å². The van der Waals surface area contributed by atoms with Crippen LogP contribution >= 0.6 is 0 Å². The lowest BCUT2D eigenvalue weighted by molar-refractivity contribution is -0.115. The van der Waals surface area contributed by atoms with Crippen LogP contribution in [0.2, 0.25) is 0 Å². The average molecular weight is 403 g/mol. The van der Waals surface area contributed by atoms with E-state index in [1.165, 1.54) is 0 Å². The zero-order chi connectivity index (χ0) is 20.8. The van der Waals surface area contributed by atoms with Crippen LogP contribution in [0.15, 0.2) is 11.8 Å². The molecule has 2 saturated heterocycles. The van der Waals surface area contributed by atoms with Crippen LogP contribution < -0.4 is 20.4 Å². The molecule has 0 saturated carbocycles. The van der Waals surface area contributed by atoms with E-state index in [2.05, 4.69) is 39.3 Å². The highest BCUT2D eigenvalue weighted by Gasteiger charge is 2.24. The Morgan fingerprint density at radius 1 is 1.14 bits per heavy atom. The third-order valence-corrected chi connectivity index (χ3v) is 5.06. The maximum absolute atomic E-state index is 11.9. The topological polar surface area (TPSA) is 103 Å². The summed E-state index contributed by atoms with van der Waals surface area (Å²) >= 11 is 0. The lowest BCUT2D eigenvalue weighted by atomic mass is 10.3. The van der Waals surface area contributed by atoms with Gasteiger partial charge < -0.3 is 24.8 Å². The minimum atomic E-state index is -0.528. The fourth-order valence-corrected chi connectivity index (χ4v) is 3.20. The minimum absolute atomic E-state index is 0.179. The summed E-state index contributed by atoms with van der Waals surface area (Å²) in [6.07, 6.45) is 1.58. The number of rotatable bonds is 8. The van der Waals surface area contributed by atoms with Gasteiger partial charge in [0.1, 0.15) is 11.5 Å². The second-order valence-electron chi connectivity index (χ2n) is 6.97. The standard InChI is InChI=1S/C19H29N7O3/c1-4-25(5-2)7-6-24(3)18-20-14(12-15-17(27)23-19(28)21-15)13-16(22-18)26-8-10-29-11-9-26/h12-13H,4-11H2,1-3H3,(H2,21,23,27,28). The summed E-state index contributed by atoms with van der Waals surface area (Å²) in [7, 11) is 1.96. The van der Waals surface area contributed by atoms with E-state index >= 15 is 0 Å². The molecule has 1 aromatic rings. The van der Waals surface area contributed by atoms with E-state index in [4.69, 9.17) is 9.72 Å². The molecule has 0 atom stereocenters. The number of likely N-dealkylation sites (N-methyl/N-ethyl adjacent to an activating group) is 2. The summed E-state index contributed by atoms with van der Waals surface area (Å²) in [6.45, 7) is 10.7. The Balaban J connectivity index is 1.87. The molecule has 3 rings (SSSR count). The first kappa shape index (κ1) is 21.0. The molecule has 158 valence electrons. The summed E-state index contributed by atoms with van der Waals surface area (Å²) in [4.78, 5) is 39.1. The van der Waals surface area contributed by atoms with Crippen molar-refractivity contribution in [1.29, 1.82) is 0 Å². The fraction of sp³-hybridized carbons (Fsp3) is 0.579. The molecule has 0 unspecified atom stereocenters. The van der Waals surface area contributed by atoms with Crippen molar-refractivity contribution < 1.29 is 14.3 Å². The third-order valence-electron chi connectivity index (χ3n) is 5.06. The number of anilines is 2. The molecule has 0 aliphatic carbocycles. The maximum Gasteiger partial charge on any atom is 0.326 e. The Kier molecular flexibility index (Phi) is 6.99. The molecular formula is C19H29N7O3. The second-order valence-corrected chi connectivity index (χ2v) is 6.97. The number of ether oxygens (including phenoxy) is 1. The van der Waals surface area contributed by atoms with Crippen molar-refractivity contribution in [2.24, 2.45) is 0 Å². The molecule has 0 spiro atoms. The van der Waals surface area contributed by atoms with Crippen LogP contribution in [0.4, 0.5) is 16.6 Å². The molecule has 2 N–H and O–H groups in total. The first-order valence-corrected chi connectivity index (χ1v) is 9.99. The molecular weight excluding hydrogens is 374 g/mol. The number of amides is 3.